The molecule has 0 aliphatic carbocycles. The molecule has 0 bridgehead atoms. The van der Waals surface area contributed by atoms with Gasteiger partial charge in [0.1, 0.15) is 5.82 Å². The summed E-state index contributed by atoms with van der Waals surface area (Å²) in [6.07, 6.45) is 4.38. The van der Waals surface area contributed by atoms with Gasteiger partial charge in [-0.2, -0.15) is 0 Å². The number of aryl methyl sites for hydroxylation is 2. The van der Waals surface area contributed by atoms with Gasteiger partial charge in [0.2, 0.25) is 5.91 Å². The van der Waals surface area contributed by atoms with Gasteiger partial charge in [-0.1, -0.05) is 72.1 Å². The third-order valence-corrected chi connectivity index (χ3v) is 6.09. The number of carbonyl (C=O) groups is 1. The molecule has 0 saturated carbocycles. The molecule has 0 fully saturated rings. The van der Waals surface area contributed by atoms with Crippen molar-refractivity contribution in [3.05, 3.63) is 100 Å². The number of halogens is 1. The molecule has 0 atom stereocenters. The Bertz CT molecular complexity index is 1210. The molecule has 5 heteroatoms. The van der Waals surface area contributed by atoms with Gasteiger partial charge >= 0.3 is 0 Å². The van der Waals surface area contributed by atoms with Crippen LogP contribution in [0.1, 0.15) is 41.8 Å². The normalized spacial score (nSPS) is 11.1. The number of para-hydroxylation sites is 2. The quantitative estimate of drug-likeness (QED) is 0.290. The smallest absolute Gasteiger partial charge is 0.224 e. The summed E-state index contributed by atoms with van der Waals surface area (Å²) in [5, 5.41) is 3.71. The van der Waals surface area contributed by atoms with Crippen molar-refractivity contribution in [2.24, 2.45) is 0 Å². The maximum atomic E-state index is 12.1. The lowest BCUT2D eigenvalue weighted by atomic mass is 10.1. The average molecular weight is 460 g/mol. The first-order valence-corrected chi connectivity index (χ1v) is 12.0. The molecule has 1 aromatic heterocycles. The number of fused-ring (bicyclic) bond motifs is 1. The second kappa shape index (κ2) is 11.2. The van der Waals surface area contributed by atoms with E-state index in [1.807, 2.05) is 30.3 Å². The predicted molar refractivity (Wildman–Crippen MR) is 136 cm³/mol. The number of carbonyl (C=O) groups excluding carboxylic acids is 1. The lowest BCUT2D eigenvalue weighted by Crippen LogP contribution is -2.26. The number of nitrogens with one attached hydrogen (secondary N) is 1. The molecule has 1 N–H and O–H groups in total. The molecule has 0 aliphatic rings. The van der Waals surface area contributed by atoms with E-state index < -0.39 is 0 Å². The maximum Gasteiger partial charge on any atom is 0.224 e. The van der Waals surface area contributed by atoms with E-state index in [4.69, 9.17) is 16.6 Å². The summed E-state index contributed by atoms with van der Waals surface area (Å²) in [5.41, 5.74) is 5.78. The lowest BCUT2D eigenvalue weighted by molar-refractivity contribution is -0.120. The molecule has 0 aliphatic heterocycles. The highest BCUT2D eigenvalue weighted by atomic mass is 35.5. The van der Waals surface area contributed by atoms with Crippen molar-refractivity contribution in [2.75, 3.05) is 6.54 Å². The van der Waals surface area contributed by atoms with Crippen molar-refractivity contribution in [1.29, 1.82) is 0 Å². The van der Waals surface area contributed by atoms with E-state index in [2.05, 4.69) is 59.3 Å². The molecule has 0 spiro atoms. The molecule has 0 saturated heterocycles. The Morgan fingerprint density at radius 1 is 0.939 bits per heavy atom. The van der Waals surface area contributed by atoms with Crippen LogP contribution in [-0.4, -0.2) is 22.0 Å². The van der Waals surface area contributed by atoms with E-state index in [-0.39, 0.29) is 5.91 Å². The largest absolute Gasteiger partial charge is 0.356 e. The van der Waals surface area contributed by atoms with Crippen LogP contribution in [0.3, 0.4) is 0 Å². The molecule has 4 rings (SSSR count). The first kappa shape index (κ1) is 23.1. The van der Waals surface area contributed by atoms with E-state index in [0.717, 1.165) is 49.1 Å². The van der Waals surface area contributed by atoms with Crippen molar-refractivity contribution in [3.8, 4) is 0 Å². The van der Waals surface area contributed by atoms with Crippen LogP contribution in [-0.2, 0) is 24.2 Å². The predicted octanol–water partition coefficient (Wildman–Crippen LogP) is 6.12. The minimum atomic E-state index is 0.0530. The van der Waals surface area contributed by atoms with Crippen molar-refractivity contribution in [1.82, 2.24) is 14.9 Å². The van der Waals surface area contributed by atoms with Gasteiger partial charge in [-0.25, -0.2) is 4.98 Å². The highest BCUT2D eigenvalue weighted by molar-refractivity contribution is 6.30. The van der Waals surface area contributed by atoms with Crippen LogP contribution >= 0.6 is 11.6 Å². The van der Waals surface area contributed by atoms with Crippen molar-refractivity contribution in [3.63, 3.8) is 0 Å². The highest BCUT2D eigenvalue weighted by Crippen LogP contribution is 2.20. The van der Waals surface area contributed by atoms with Crippen LogP contribution in [0, 0.1) is 6.92 Å². The molecule has 3 aromatic carbocycles. The number of aromatic nitrogens is 2. The molecule has 4 aromatic rings. The first-order valence-electron chi connectivity index (χ1n) is 11.6. The standard InChI is InChI=1S/C28H30ClN3O/c1-21-8-7-9-23(18-21)20-32-26-11-5-4-10-25(26)31-27(32)12-3-2-6-17-30-28(33)19-22-13-15-24(29)16-14-22/h4-5,7-11,13-16,18H,2-3,6,12,17,19-20H2,1H3,(H,30,33). The maximum absolute atomic E-state index is 12.1. The molecule has 0 unspecified atom stereocenters. The SMILES string of the molecule is Cc1cccc(Cn2c(CCCCCNC(=O)Cc3ccc(Cl)cc3)nc3ccccc32)c1. The number of rotatable bonds is 10. The lowest BCUT2D eigenvalue weighted by Gasteiger charge is -2.10. The fourth-order valence-electron chi connectivity index (χ4n) is 4.15. The molecular formula is C28H30ClN3O. The van der Waals surface area contributed by atoms with E-state index >= 15 is 0 Å². The van der Waals surface area contributed by atoms with Crippen LogP contribution < -0.4 is 5.32 Å². The monoisotopic (exact) mass is 459 g/mol. The second-order valence-electron chi connectivity index (χ2n) is 8.56. The summed E-state index contributed by atoms with van der Waals surface area (Å²) < 4.78 is 2.35. The summed E-state index contributed by atoms with van der Waals surface area (Å²) in [6.45, 7) is 3.66. The van der Waals surface area contributed by atoms with Gasteiger partial charge in [0.15, 0.2) is 0 Å². The van der Waals surface area contributed by atoms with Crippen LogP contribution in [0.15, 0.2) is 72.8 Å². The van der Waals surface area contributed by atoms with Gasteiger partial charge in [-0.3, -0.25) is 4.79 Å². The molecule has 4 nitrogen and oxygen atoms in total. The number of hydrogen-bond donors (Lipinski definition) is 1. The minimum absolute atomic E-state index is 0.0530. The second-order valence-corrected chi connectivity index (χ2v) is 8.99. The third-order valence-electron chi connectivity index (χ3n) is 5.83. The van der Waals surface area contributed by atoms with E-state index in [1.165, 1.54) is 16.6 Å². The zero-order valence-corrected chi connectivity index (χ0v) is 19.8. The van der Waals surface area contributed by atoms with E-state index in [9.17, 15) is 4.79 Å². The fraction of sp³-hybridized carbons (Fsp3) is 0.286. The Labute approximate surface area is 200 Å². The van der Waals surface area contributed by atoms with Crippen LogP contribution in [0.25, 0.3) is 11.0 Å². The van der Waals surface area contributed by atoms with Gasteiger partial charge in [-0.05, 0) is 55.2 Å². The number of imidazole rings is 1. The highest BCUT2D eigenvalue weighted by Gasteiger charge is 2.11. The summed E-state index contributed by atoms with van der Waals surface area (Å²) >= 11 is 5.90. The van der Waals surface area contributed by atoms with Crippen molar-refractivity contribution < 1.29 is 4.79 Å². The zero-order valence-electron chi connectivity index (χ0n) is 19.1. The number of hydrogen-bond acceptors (Lipinski definition) is 2. The molecule has 1 amide bonds. The van der Waals surface area contributed by atoms with Gasteiger partial charge in [0, 0.05) is 24.5 Å². The topological polar surface area (TPSA) is 46.9 Å². The molecular weight excluding hydrogens is 430 g/mol. The third kappa shape index (κ3) is 6.45. The fourth-order valence-corrected chi connectivity index (χ4v) is 4.27. The van der Waals surface area contributed by atoms with Gasteiger partial charge in [0.25, 0.3) is 0 Å². The number of amides is 1. The summed E-state index contributed by atoms with van der Waals surface area (Å²) in [7, 11) is 0. The molecule has 1 heterocycles. The van der Waals surface area contributed by atoms with E-state index in [0.29, 0.717) is 18.0 Å². The Balaban J connectivity index is 1.27. The Morgan fingerprint density at radius 2 is 1.76 bits per heavy atom. The number of benzene rings is 3. The Morgan fingerprint density at radius 3 is 2.58 bits per heavy atom. The Hall–Kier alpha value is -3.11. The van der Waals surface area contributed by atoms with Crippen molar-refractivity contribution >= 4 is 28.5 Å². The molecule has 170 valence electrons. The average Bonchev–Trinajstić information content (AvgIpc) is 3.15. The number of nitrogens with zero attached hydrogens (tertiary/aromatic N) is 2. The minimum Gasteiger partial charge on any atom is -0.356 e. The molecule has 33 heavy (non-hydrogen) atoms. The van der Waals surface area contributed by atoms with Crippen molar-refractivity contribution in [2.45, 2.75) is 45.6 Å². The van der Waals surface area contributed by atoms with Crippen LogP contribution in [0.2, 0.25) is 5.02 Å². The summed E-state index contributed by atoms with van der Waals surface area (Å²) in [5.74, 6) is 1.18. The zero-order chi connectivity index (χ0) is 23.0. The summed E-state index contributed by atoms with van der Waals surface area (Å²) in [6, 6.07) is 24.4. The summed E-state index contributed by atoms with van der Waals surface area (Å²) in [4.78, 5) is 17.0. The van der Waals surface area contributed by atoms with Gasteiger partial charge < -0.3 is 9.88 Å². The van der Waals surface area contributed by atoms with Crippen LogP contribution in [0.5, 0.6) is 0 Å². The van der Waals surface area contributed by atoms with Gasteiger partial charge in [-0.15, -0.1) is 0 Å². The van der Waals surface area contributed by atoms with Crippen LogP contribution in [0.4, 0.5) is 0 Å². The number of unbranched alkanes of at least 4 members (excludes halogenated alkanes) is 2. The molecule has 0 radical (unpaired) electrons. The Kier molecular flexibility index (Phi) is 7.79. The van der Waals surface area contributed by atoms with Gasteiger partial charge in [0.05, 0.1) is 17.5 Å². The van der Waals surface area contributed by atoms with E-state index in [1.54, 1.807) is 0 Å². The first-order chi connectivity index (χ1) is 16.1.